The number of anilines is 2. The highest BCUT2D eigenvalue weighted by molar-refractivity contribution is 9.10. The number of carbonyl (C=O) groups excluding carboxylic acids is 1. The third-order valence-electron chi connectivity index (χ3n) is 5.65. The molecule has 0 spiro atoms. The quantitative estimate of drug-likeness (QED) is 0.306. The topological polar surface area (TPSA) is 89.5 Å². The Kier molecular flexibility index (Phi) is 6.50. The van der Waals surface area contributed by atoms with Gasteiger partial charge in [0.2, 0.25) is 0 Å². The summed E-state index contributed by atoms with van der Waals surface area (Å²) >= 11 is 5.18. The van der Waals surface area contributed by atoms with Gasteiger partial charge >= 0.3 is 6.09 Å². The van der Waals surface area contributed by atoms with Gasteiger partial charge in [-0.2, -0.15) is 0 Å². The number of hydrogen-bond donors (Lipinski definition) is 1. The number of hydrogen-bond acceptors (Lipinski definition) is 8. The first kappa shape index (κ1) is 23.7. The number of benzene rings is 2. The Morgan fingerprint density at radius 1 is 1.11 bits per heavy atom. The van der Waals surface area contributed by atoms with Crippen molar-refractivity contribution in [2.24, 2.45) is 0 Å². The van der Waals surface area contributed by atoms with Gasteiger partial charge in [-0.15, -0.1) is 11.3 Å². The molecule has 1 N–H and O–H groups in total. The Balaban J connectivity index is 1.37. The number of carbonyl (C=O) groups is 1. The minimum Gasteiger partial charge on any atom is -0.489 e. The predicted molar refractivity (Wildman–Crippen MR) is 142 cm³/mol. The van der Waals surface area contributed by atoms with Crippen molar-refractivity contribution in [1.29, 1.82) is 0 Å². The molecule has 182 valence electrons. The van der Waals surface area contributed by atoms with Gasteiger partial charge in [-0.05, 0) is 51.1 Å². The number of halogens is 1. The number of rotatable bonds is 4. The van der Waals surface area contributed by atoms with E-state index in [-0.39, 0.29) is 12.2 Å². The lowest BCUT2D eigenvalue weighted by molar-refractivity contribution is 0.0128. The van der Waals surface area contributed by atoms with Crippen LogP contribution in [0.5, 0.6) is 5.75 Å². The minimum absolute atomic E-state index is 0.0345. The van der Waals surface area contributed by atoms with Crippen molar-refractivity contribution < 1.29 is 14.3 Å². The zero-order valence-corrected chi connectivity index (χ0v) is 22.1. The van der Waals surface area contributed by atoms with Crippen molar-refractivity contribution in [3.05, 3.63) is 46.6 Å². The lowest BCUT2D eigenvalue weighted by Crippen LogP contribution is -2.44. The fourth-order valence-corrected chi connectivity index (χ4v) is 5.18. The van der Waals surface area contributed by atoms with E-state index in [1.54, 1.807) is 22.6 Å². The summed E-state index contributed by atoms with van der Waals surface area (Å²) in [6, 6.07) is 9.94. The summed E-state index contributed by atoms with van der Waals surface area (Å²) in [5, 5.41) is 4.25. The van der Waals surface area contributed by atoms with Crippen LogP contribution in [-0.2, 0) is 4.74 Å². The Morgan fingerprint density at radius 3 is 2.69 bits per heavy atom. The minimum atomic E-state index is -0.506. The summed E-state index contributed by atoms with van der Waals surface area (Å²) in [5.74, 6) is 1.37. The summed E-state index contributed by atoms with van der Waals surface area (Å²) < 4.78 is 14.0. The van der Waals surface area contributed by atoms with Crippen LogP contribution in [-0.4, -0.2) is 50.7 Å². The molecule has 1 aliphatic heterocycles. The van der Waals surface area contributed by atoms with E-state index < -0.39 is 5.60 Å². The lowest BCUT2D eigenvalue weighted by Gasteiger charge is -2.33. The van der Waals surface area contributed by atoms with Gasteiger partial charge in [-0.3, -0.25) is 0 Å². The van der Waals surface area contributed by atoms with Gasteiger partial charge in [0.25, 0.3) is 0 Å². The van der Waals surface area contributed by atoms with E-state index in [0.29, 0.717) is 37.5 Å². The van der Waals surface area contributed by atoms with E-state index >= 15 is 0 Å². The van der Waals surface area contributed by atoms with Gasteiger partial charge in [-0.1, -0.05) is 15.9 Å². The van der Waals surface area contributed by atoms with Crippen LogP contribution < -0.4 is 10.1 Å². The first-order chi connectivity index (χ1) is 16.7. The molecule has 2 aromatic carbocycles. The highest BCUT2D eigenvalue weighted by Gasteiger charge is 2.28. The molecule has 1 saturated heterocycles. The maximum atomic E-state index is 12.4. The Labute approximate surface area is 215 Å². The molecule has 10 heteroatoms. The smallest absolute Gasteiger partial charge is 0.410 e. The standard InChI is InChI=1S/C25H26BrN5O3S/c1-25(2,3)34-24(32)31-8-6-17(7-9-31)33-20-11-15(26)10-19-22(20)23(28-13-27-19)30-16-4-5-18-21(12-16)35-14-29-18/h4-5,10-14,17H,6-9H2,1-3H3,(H,27,28,30). The van der Waals surface area contributed by atoms with Gasteiger partial charge in [0.05, 0.1) is 26.6 Å². The summed E-state index contributed by atoms with van der Waals surface area (Å²) in [5.41, 5.74) is 4.00. The van der Waals surface area contributed by atoms with Crippen LogP contribution in [0, 0.1) is 0 Å². The number of nitrogens with one attached hydrogen (secondary N) is 1. The molecule has 35 heavy (non-hydrogen) atoms. The number of aromatic nitrogens is 3. The maximum absolute atomic E-state index is 12.4. The van der Waals surface area contributed by atoms with Crippen LogP contribution in [0.4, 0.5) is 16.3 Å². The van der Waals surface area contributed by atoms with E-state index in [0.717, 1.165) is 31.3 Å². The van der Waals surface area contributed by atoms with Crippen LogP contribution in [0.1, 0.15) is 33.6 Å². The molecule has 0 bridgehead atoms. The monoisotopic (exact) mass is 555 g/mol. The Morgan fingerprint density at radius 2 is 1.91 bits per heavy atom. The van der Waals surface area contributed by atoms with Crippen molar-refractivity contribution in [3.8, 4) is 5.75 Å². The maximum Gasteiger partial charge on any atom is 0.410 e. The van der Waals surface area contributed by atoms with Crippen LogP contribution in [0.2, 0.25) is 0 Å². The molecule has 1 amide bonds. The molecule has 0 radical (unpaired) electrons. The SMILES string of the molecule is CC(C)(C)OC(=O)N1CCC(Oc2cc(Br)cc3ncnc(Nc4ccc5ncsc5c4)c23)CC1. The largest absolute Gasteiger partial charge is 0.489 e. The molecule has 0 aliphatic carbocycles. The number of piperidine rings is 1. The summed E-state index contributed by atoms with van der Waals surface area (Å²) in [4.78, 5) is 27.5. The van der Waals surface area contributed by atoms with Gasteiger partial charge < -0.3 is 19.7 Å². The second-order valence-electron chi connectivity index (χ2n) is 9.46. The van der Waals surface area contributed by atoms with E-state index in [1.807, 2.05) is 50.5 Å². The Hall–Kier alpha value is -2.98. The third kappa shape index (κ3) is 5.48. The average molecular weight is 556 g/mol. The van der Waals surface area contributed by atoms with E-state index in [2.05, 4.69) is 42.3 Å². The van der Waals surface area contributed by atoms with E-state index in [9.17, 15) is 4.79 Å². The molecular formula is C25H26BrN5O3S. The molecule has 1 fully saturated rings. The number of fused-ring (bicyclic) bond motifs is 2. The summed E-state index contributed by atoms with van der Waals surface area (Å²) in [7, 11) is 0. The van der Waals surface area contributed by atoms with Crippen LogP contribution in [0.25, 0.3) is 21.1 Å². The number of likely N-dealkylation sites (tertiary alicyclic amines) is 1. The molecule has 0 saturated carbocycles. The number of ether oxygens (including phenoxy) is 2. The first-order valence-corrected chi connectivity index (χ1v) is 13.1. The number of thiazole rings is 1. The van der Waals surface area contributed by atoms with Crippen molar-refractivity contribution >= 4 is 66.0 Å². The van der Waals surface area contributed by atoms with Crippen molar-refractivity contribution in [2.45, 2.75) is 45.3 Å². The van der Waals surface area contributed by atoms with Crippen LogP contribution >= 0.6 is 27.3 Å². The second kappa shape index (κ2) is 9.58. The normalized spacial score (nSPS) is 14.9. The van der Waals surface area contributed by atoms with Gasteiger partial charge in [0, 0.05) is 36.1 Å². The van der Waals surface area contributed by atoms with Gasteiger partial charge in [-0.25, -0.2) is 19.7 Å². The zero-order chi connectivity index (χ0) is 24.6. The predicted octanol–water partition coefficient (Wildman–Crippen LogP) is 6.52. The molecule has 0 unspecified atom stereocenters. The summed E-state index contributed by atoms with van der Waals surface area (Å²) in [6.07, 6.45) is 2.66. The van der Waals surface area contributed by atoms with Crippen molar-refractivity contribution in [2.75, 3.05) is 18.4 Å². The number of nitrogens with zero attached hydrogens (tertiary/aromatic N) is 4. The molecule has 2 aromatic heterocycles. The van der Waals surface area contributed by atoms with E-state index in [1.165, 1.54) is 0 Å². The molecule has 4 aromatic rings. The second-order valence-corrected chi connectivity index (χ2v) is 11.3. The third-order valence-corrected chi connectivity index (χ3v) is 6.90. The lowest BCUT2D eigenvalue weighted by atomic mass is 10.1. The van der Waals surface area contributed by atoms with E-state index in [4.69, 9.17) is 9.47 Å². The summed E-state index contributed by atoms with van der Waals surface area (Å²) in [6.45, 7) is 6.80. The first-order valence-electron chi connectivity index (χ1n) is 11.4. The molecule has 1 aliphatic rings. The zero-order valence-electron chi connectivity index (χ0n) is 19.7. The van der Waals surface area contributed by atoms with Gasteiger partial charge in [0.15, 0.2) is 0 Å². The van der Waals surface area contributed by atoms with Gasteiger partial charge in [0.1, 0.15) is 29.6 Å². The molecule has 5 rings (SSSR count). The fraction of sp³-hybridized carbons (Fsp3) is 0.360. The van der Waals surface area contributed by atoms with Crippen LogP contribution in [0.3, 0.4) is 0 Å². The van der Waals surface area contributed by atoms with Crippen molar-refractivity contribution in [3.63, 3.8) is 0 Å². The average Bonchev–Trinajstić information content (AvgIpc) is 3.26. The number of amides is 1. The van der Waals surface area contributed by atoms with Crippen molar-refractivity contribution in [1.82, 2.24) is 19.9 Å². The molecule has 8 nitrogen and oxygen atoms in total. The van der Waals surface area contributed by atoms with Crippen LogP contribution in [0.15, 0.2) is 46.6 Å². The molecular weight excluding hydrogens is 530 g/mol. The molecule has 3 heterocycles. The molecule has 0 atom stereocenters. The highest BCUT2D eigenvalue weighted by atomic mass is 79.9. The highest BCUT2D eigenvalue weighted by Crippen LogP contribution is 2.36. The fourth-order valence-electron chi connectivity index (χ4n) is 4.04. The Bertz CT molecular complexity index is 1380.